The first-order valence-corrected chi connectivity index (χ1v) is 12.1. The molecule has 6 rings (SSSR count). The van der Waals surface area contributed by atoms with E-state index in [1.54, 1.807) is 0 Å². The monoisotopic (exact) mass is 418 g/mol. The Hall–Kier alpha value is -2.24. The second-order valence-electron chi connectivity index (χ2n) is 9.64. The third-order valence-electron chi connectivity index (χ3n) is 7.56. The van der Waals surface area contributed by atoms with Crippen molar-refractivity contribution in [3.05, 3.63) is 65.0 Å². The van der Waals surface area contributed by atoms with Crippen LogP contribution in [-0.4, -0.2) is 72.7 Å². The Bertz CT molecular complexity index is 908. The van der Waals surface area contributed by atoms with E-state index in [0.29, 0.717) is 12.1 Å². The quantitative estimate of drug-likeness (QED) is 0.795. The second-order valence-corrected chi connectivity index (χ2v) is 9.64. The molecule has 5 nitrogen and oxygen atoms in total. The highest BCUT2D eigenvalue weighted by atomic mass is 16.5. The first kappa shape index (κ1) is 19.4. The van der Waals surface area contributed by atoms with E-state index in [2.05, 4.69) is 62.5 Å². The summed E-state index contributed by atoms with van der Waals surface area (Å²) in [6.07, 6.45) is 14.0. The summed E-state index contributed by atoms with van der Waals surface area (Å²) >= 11 is 0. The first-order valence-electron chi connectivity index (χ1n) is 12.1. The number of hydrogen-bond acceptors (Lipinski definition) is 5. The van der Waals surface area contributed by atoms with Gasteiger partial charge in [0.05, 0.1) is 12.6 Å². The third kappa shape index (κ3) is 3.90. The predicted molar refractivity (Wildman–Crippen MR) is 124 cm³/mol. The van der Waals surface area contributed by atoms with Crippen LogP contribution in [0.2, 0.25) is 0 Å². The van der Waals surface area contributed by atoms with Gasteiger partial charge in [-0.25, -0.2) is 0 Å². The molecule has 0 saturated carbocycles. The molecule has 1 atom stereocenters. The molecular formula is C26H34N4O. The summed E-state index contributed by atoms with van der Waals surface area (Å²) in [6.45, 7) is 8.71. The maximum Gasteiger partial charge on any atom is 0.122 e. The standard InChI is InChI=1S/C26H34N4O/c1-4-22-5-2-12-30-24(19-29(11-1)26(22)30)18-28-13-9-23(10-14-28)27-17-20-7-8-21-6-3-15-31-25(21)16-20/h1-2,4-5,7-8,16,23-24,27H,3,6,9-15,17-19H2/t24-/m1/s1. The highest BCUT2D eigenvalue weighted by molar-refractivity contribution is 5.42. The lowest BCUT2D eigenvalue weighted by Crippen LogP contribution is -2.47. The molecule has 5 heteroatoms. The van der Waals surface area contributed by atoms with Crippen LogP contribution in [0.5, 0.6) is 5.75 Å². The van der Waals surface area contributed by atoms with Gasteiger partial charge in [-0.05, 0) is 56.0 Å². The van der Waals surface area contributed by atoms with Crippen molar-refractivity contribution in [2.45, 2.75) is 44.3 Å². The molecule has 31 heavy (non-hydrogen) atoms. The number of allylic oxidation sites excluding steroid dienone is 3. The number of likely N-dealkylation sites (tertiary alicyclic amines) is 1. The van der Waals surface area contributed by atoms with Crippen LogP contribution in [0, 0.1) is 0 Å². The normalized spacial score (nSPS) is 25.6. The molecule has 0 spiro atoms. The molecule has 0 amide bonds. The molecule has 2 fully saturated rings. The van der Waals surface area contributed by atoms with Gasteiger partial charge in [-0.3, -0.25) is 0 Å². The van der Waals surface area contributed by atoms with Crippen molar-refractivity contribution in [2.24, 2.45) is 0 Å². The number of rotatable bonds is 5. The molecule has 0 radical (unpaired) electrons. The van der Waals surface area contributed by atoms with Crippen molar-refractivity contribution in [1.29, 1.82) is 0 Å². The molecular weight excluding hydrogens is 384 g/mol. The molecule has 164 valence electrons. The highest BCUT2D eigenvalue weighted by Crippen LogP contribution is 2.33. The number of piperidine rings is 1. The zero-order valence-corrected chi connectivity index (χ0v) is 18.4. The maximum atomic E-state index is 5.84. The van der Waals surface area contributed by atoms with Crippen LogP contribution in [0.1, 0.15) is 30.4 Å². The van der Waals surface area contributed by atoms with Crippen LogP contribution in [0.4, 0.5) is 0 Å². The molecule has 0 aliphatic carbocycles. The fourth-order valence-electron chi connectivity index (χ4n) is 5.87. The van der Waals surface area contributed by atoms with E-state index in [1.807, 2.05) is 0 Å². The van der Waals surface area contributed by atoms with Crippen LogP contribution in [0.15, 0.2) is 53.9 Å². The first-order chi connectivity index (χ1) is 15.3. The maximum absolute atomic E-state index is 5.84. The van der Waals surface area contributed by atoms with E-state index in [1.165, 1.54) is 61.5 Å². The van der Waals surface area contributed by atoms with Crippen LogP contribution < -0.4 is 10.1 Å². The Balaban J connectivity index is 0.995. The lowest BCUT2D eigenvalue weighted by Gasteiger charge is -2.37. The van der Waals surface area contributed by atoms with E-state index in [0.717, 1.165) is 44.8 Å². The van der Waals surface area contributed by atoms with Gasteiger partial charge < -0.3 is 24.8 Å². The number of nitrogens with one attached hydrogen (secondary N) is 1. The lowest BCUT2D eigenvalue weighted by atomic mass is 10.0. The van der Waals surface area contributed by atoms with Gasteiger partial charge in [-0.1, -0.05) is 36.4 Å². The lowest BCUT2D eigenvalue weighted by molar-refractivity contribution is 0.157. The van der Waals surface area contributed by atoms with E-state index in [-0.39, 0.29) is 0 Å². The summed E-state index contributed by atoms with van der Waals surface area (Å²) in [5, 5.41) is 3.81. The Kier molecular flexibility index (Phi) is 5.24. The van der Waals surface area contributed by atoms with Crippen molar-refractivity contribution in [3.8, 4) is 5.75 Å². The number of benzene rings is 1. The van der Waals surface area contributed by atoms with Gasteiger partial charge in [-0.2, -0.15) is 0 Å². The fraction of sp³-hybridized carbons (Fsp3) is 0.538. The molecule has 5 aliphatic rings. The van der Waals surface area contributed by atoms with E-state index in [4.69, 9.17) is 4.74 Å². The fourth-order valence-corrected chi connectivity index (χ4v) is 5.87. The van der Waals surface area contributed by atoms with E-state index >= 15 is 0 Å². The van der Waals surface area contributed by atoms with Gasteiger partial charge >= 0.3 is 0 Å². The molecule has 5 aliphatic heterocycles. The molecule has 0 aromatic heterocycles. The number of hydrogen-bond donors (Lipinski definition) is 1. The number of ether oxygens (including phenoxy) is 1. The minimum absolute atomic E-state index is 0.620. The van der Waals surface area contributed by atoms with Crippen molar-refractivity contribution in [1.82, 2.24) is 20.0 Å². The molecule has 2 saturated heterocycles. The van der Waals surface area contributed by atoms with Gasteiger partial charge in [0.25, 0.3) is 0 Å². The summed E-state index contributed by atoms with van der Waals surface area (Å²) in [5.74, 6) is 2.58. The zero-order valence-electron chi connectivity index (χ0n) is 18.4. The molecule has 5 heterocycles. The van der Waals surface area contributed by atoms with E-state index in [9.17, 15) is 0 Å². The average molecular weight is 419 g/mol. The minimum atomic E-state index is 0.620. The van der Waals surface area contributed by atoms with Crippen LogP contribution >= 0.6 is 0 Å². The highest BCUT2D eigenvalue weighted by Gasteiger charge is 2.37. The largest absolute Gasteiger partial charge is 0.493 e. The smallest absolute Gasteiger partial charge is 0.122 e. The molecule has 1 aromatic carbocycles. The van der Waals surface area contributed by atoms with E-state index < -0.39 is 0 Å². The topological polar surface area (TPSA) is 31.0 Å². The zero-order chi connectivity index (χ0) is 20.6. The summed E-state index contributed by atoms with van der Waals surface area (Å²) < 4.78 is 5.84. The Morgan fingerprint density at radius 1 is 1.06 bits per heavy atom. The number of nitrogens with zero attached hydrogens (tertiary/aromatic N) is 3. The summed E-state index contributed by atoms with van der Waals surface area (Å²) in [5.41, 5.74) is 4.12. The minimum Gasteiger partial charge on any atom is -0.493 e. The molecule has 0 bridgehead atoms. The van der Waals surface area contributed by atoms with Gasteiger partial charge in [0.1, 0.15) is 11.6 Å². The second kappa shape index (κ2) is 8.36. The molecule has 0 unspecified atom stereocenters. The molecule has 1 aromatic rings. The Morgan fingerprint density at radius 2 is 1.94 bits per heavy atom. The van der Waals surface area contributed by atoms with Gasteiger partial charge in [0, 0.05) is 44.3 Å². The van der Waals surface area contributed by atoms with Crippen LogP contribution in [0.3, 0.4) is 0 Å². The van der Waals surface area contributed by atoms with Crippen molar-refractivity contribution < 1.29 is 4.74 Å². The van der Waals surface area contributed by atoms with Crippen LogP contribution in [0.25, 0.3) is 0 Å². The summed E-state index contributed by atoms with van der Waals surface area (Å²) in [6, 6.07) is 8.02. The Morgan fingerprint density at radius 3 is 2.84 bits per heavy atom. The Labute approximate surface area is 186 Å². The number of fused-ring (bicyclic) bond motifs is 1. The van der Waals surface area contributed by atoms with Gasteiger partial charge in [0.15, 0.2) is 0 Å². The third-order valence-corrected chi connectivity index (χ3v) is 7.56. The molecule has 1 N–H and O–H groups in total. The SMILES string of the molecule is C1=CC2=C3N(C1)C[C@@H](CN1CCC(NCc4ccc5c(c4)OCCC5)CC1)N3CC=C2. The van der Waals surface area contributed by atoms with Crippen molar-refractivity contribution >= 4 is 0 Å². The van der Waals surface area contributed by atoms with Crippen molar-refractivity contribution in [3.63, 3.8) is 0 Å². The predicted octanol–water partition coefficient (Wildman–Crippen LogP) is 2.90. The average Bonchev–Trinajstić information content (AvgIpc) is 3.18. The van der Waals surface area contributed by atoms with Crippen LogP contribution in [-0.2, 0) is 13.0 Å². The number of aryl methyl sites for hydroxylation is 1. The van der Waals surface area contributed by atoms with Gasteiger partial charge in [0.2, 0.25) is 0 Å². The van der Waals surface area contributed by atoms with Gasteiger partial charge in [-0.15, -0.1) is 0 Å². The summed E-state index contributed by atoms with van der Waals surface area (Å²) in [4.78, 5) is 7.90. The van der Waals surface area contributed by atoms with Crippen molar-refractivity contribution in [2.75, 3.05) is 45.9 Å². The summed E-state index contributed by atoms with van der Waals surface area (Å²) in [7, 11) is 0.